The summed E-state index contributed by atoms with van der Waals surface area (Å²) >= 11 is 7.87. The lowest BCUT2D eigenvalue weighted by molar-refractivity contribution is 0.0946. The van der Waals surface area contributed by atoms with Gasteiger partial charge in [0.25, 0.3) is 5.91 Å². The van der Waals surface area contributed by atoms with E-state index in [0.717, 1.165) is 21.0 Å². The number of fused-ring (bicyclic) bond motifs is 1. The molecular formula is C26H26ClN3OS. The van der Waals surface area contributed by atoms with Gasteiger partial charge in [-0.15, -0.1) is 0 Å². The zero-order valence-corrected chi connectivity index (χ0v) is 19.7. The maximum atomic E-state index is 12.6. The molecule has 4 aromatic rings. The molecule has 0 unspecified atom stereocenters. The van der Waals surface area contributed by atoms with E-state index in [4.69, 9.17) is 11.6 Å². The summed E-state index contributed by atoms with van der Waals surface area (Å²) in [7, 11) is 0. The van der Waals surface area contributed by atoms with Gasteiger partial charge in [-0.25, -0.2) is 4.98 Å². The minimum atomic E-state index is -0.196. The van der Waals surface area contributed by atoms with E-state index in [2.05, 4.69) is 40.8 Å². The van der Waals surface area contributed by atoms with Crippen LogP contribution in [0.5, 0.6) is 0 Å². The molecule has 0 saturated heterocycles. The van der Waals surface area contributed by atoms with E-state index < -0.39 is 0 Å². The molecular weight excluding hydrogens is 438 g/mol. The number of rotatable bonds is 5. The minimum absolute atomic E-state index is 0.196. The molecule has 164 valence electrons. The van der Waals surface area contributed by atoms with Crippen molar-refractivity contribution >= 4 is 33.8 Å². The monoisotopic (exact) mass is 463 g/mol. The molecule has 0 atom stereocenters. The average molecular weight is 464 g/mol. The van der Waals surface area contributed by atoms with Gasteiger partial charge in [-0.2, -0.15) is 0 Å². The highest BCUT2D eigenvalue weighted by atomic mass is 35.5. The van der Waals surface area contributed by atoms with Gasteiger partial charge in [0.1, 0.15) is 5.69 Å². The second-order valence-corrected chi connectivity index (χ2v) is 10.0. The summed E-state index contributed by atoms with van der Waals surface area (Å²) in [5.74, 6) is 0.521. The summed E-state index contributed by atoms with van der Waals surface area (Å²) in [6.07, 6.45) is 10.5. The number of aryl methyl sites for hydroxylation is 1. The van der Waals surface area contributed by atoms with Crippen molar-refractivity contribution in [3.05, 3.63) is 82.3 Å². The first kappa shape index (κ1) is 21.2. The molecule has 2 heterocycles. The Morgan fingerprint density at radius 2 is 1.91 bits per heavy atom. The molecule has 1 fully saturated rings. The van der Waals surface area contributed by atoms with Gasteiger partial charge in [0.15, 0.2) is 4.96 Å². The van der Waals surface area contributed by atoms with Crippen LogP contribution in [-0.2, 0) is 6.54 Å². The molecule has 1 amide bonds. The number of carbonyl (C=O) groups is 1. The number of amides is 1. The number of hydrogen-bond acceptors (Lipinski definition) is 3. The highest BCUT2D eigenvalue weighted by Crippen LogP contribution is 2.35. The SMILES string of the molecule is Cc1cccc(Cl)c1CNC(=O)c1cn2cc(-c3ccc(C4CCCCC4)cc3)sc2n1. The lowest BCUT2D eigenvalue weighted by Gasteiger charge is -2.22. The maximum Gasteiger partial charge on any atom is 0.271 e. The highest BCUT2D eigenvalue weighted by molar-refractivity contribution is 7.20. The zero-order valence-electron chi connectivity index (χ0n) is 18.1. The predicted molar refractivity (Wildman–Crippen MR) is 132 cm³/mol. The van der Waals surface area contributed by atoms with Gasteiger partial charge in [-0.1, -0.05) is 78.6 Å². The topological polar surface area (TPSA) is 46.4 Å². The van der Waals surface area contributed by atoms with Crippen LogP contribution < -0.4 is 5.32 Å². The van der Waals surface area contributed by atoms with Gasteiger partial charge in [-0.3, -0.25) is 9.20 Å². The quantitative estimate of drug-likeness (QED) is 0.346. The first-order valence-corrected chi connectivity index (χ1v) is 12.4. The third-order valence-electron chi connectivity index (χ3n) is 6.44. The Morgan fingerprint density at radius 1 is 1.12 bits per heavy atom. The number of aromatic nitrogens is 2. The van der Waals surface area contributed by atoms with Crippen molar-refractivity contribution in [2.24, 2.45) is 0 Å². The van der Waals surface area contributed by atoms with E-state index in [1.807, 2.05) is 29.5 Å². The van der Waals surface area contributed by atoms with E-state index in [1.165, 1.54) is 43.2 Å². The van der Waals surface area contributed by atoms with Crippen LogP contribution in [0, 0.1) is 6.92 Å². The molecule has 0 spiro atoms. The largest absolute Gasteiger partial charge is 0.347 e. The van der Waals surface area contributed by atoms with Gasteiger partial charge in [0, 0.05) is 24.0 Å². The van der Waals surface area contributed by atoms with Crippen LogP contribution in [0.15, 0.2) is 54.9 Å². The van der Waals surface area contributed by atoms with E-state index in [-0.39, 0.29) is 5.91 Å². The lowest BCUT2D eigenvalue weighted by Crippen LogP contribution is -2.23. The molecule has 1 N–H and O–H groups in total. The van der Waals surface area contributed by atoms with Crippen LogP contribution in [0.25, 0.3) is 15.4 Å². The van der Waals surface area contributed by atoms with Crippen molar-refractivity contribution in [2.75, 3.05) is 0 Å². The third-order valence-corrected chi connectivity index (χ3v) is 7.84. The Labute approximate surface area is 197 Å². The van der Waals surface area contributed by atoms with Gasteiger partial charge in [0.05, 0.1) is 4.88 Å². The Bertz CT molecular complexity index is 1200. The number of halogens is 1. The van der Waals surface area contributed by atoms with Crippen molar-refractivity contribution in [3.8, 4) is 10.4 Å². The number of benzene rings is 2. The normalized spacial score (nSPS) is 14.7. The van der Waals surface area contributed by atoms with Crippen LogP contribution in [0.3, 0.4) is 0 Å². The molecule has 0 bridgehead atoms. The molecule has 2 aromatic heterocycles. The smallest absolute Gasteiger partial charge is 0.271 e. The van der Waals surface area contributed by atoms with E-state index in [9.17, 15) is 4.79 Å². The van der Waals surface area contributed by atoms with Crippen LogP contribution in [-0.4, -0.2) is 15.3 Å². The maximum absolute atomic E-state index is 12.6. The van der Waals surface area contributed by atoms with Crippen molar-refractivity contribution in [1.82, 2.24) is 14.7 Å². The first-order chi connectivity index (χ1) is 15.6. The van der Waals surface area contributed by atoms with Crippen molar-refractivity contribution in [2.45, 2.75) is 51.5 Å². The van der Waals surface area contributed by atoms with Crippen molar-refractivity contribution in [1.29, 1.82) is 0 Å². The van der Waals surface area contributed by atoms with Crippen LogP contribution in [0.1, 0.15) is 65.2 Å². The molecule has 0 aliphatic heterocycles. The number of imidazole rings is 1. The summed E-state index contributed by atoms with van der Waals surface area (Å²) in [5.41, 5.74) is 5.06. The summed E-state index contributed by atoms with van der Waals surface area (Å²) in [6, 6.07) is 14.7. The van der Waals surface area contributed by atoms with Crippen LogP contribution >= 0.6 is 22.9 Å². The van der Waals surface area contributed by atoms with Crippen molar-refractivity contribution < 1.29 is 4.79 Å². The Balaban J connectivity index is 1.28. The molecule has 1 aliphatic rings. The van der Waals surface area contributed by atoms with Gasteiger partial charge < -0.3 is 5.32 Å². The summed E-state index contributed by atoms with van der Waals surface area (Å²) in [5, 5.41) is 3.60. The highest BCUT2D eigenvalue weighted by Gasteiger charge is 2.17. The number of thiazole rings is 1. The Hall–Kier alpha value is -2.63. The van der Waals surface area contributed by atoms with Crippen LogP contribution in [0.2, 0.25) is 5.02 Å². The number of hydrogen-bond donors (Lipinski definition) is 1. The standard InChI is InChI=1S/C26H26ClN3OS/c1-17-6-5-9-22(27)21(17)14-28-25(31)23-15-30-16-24(32-26(30)29-23)20-12-10-19(11-13-20)18-7-3-2-4-8-18/h5-6,9-13,15-16,18H,2-4,7-8,14H2,1H3,(H,28,31). The summed E-state index contributed by atoms with van der Waals surface area (Å²) < 4.78 is 1.94. The molecule has 0 radical (unpaired) electrons. The molecule has 32 heavy (non-hydrogen) atoms. The van der Waals surface area contributed by atoms with Gasteiger partial charge in [-0.05, 0) is 54.0 Å². The van der Waals surface area contributed by atoms with Crippen LogP contribution in [0.4, 0.5) is 0 Å². The molecule has 5 rings (SSSR count). The molecule has 1 saturated carbocycles. The molecule has 4 nitrogen and oxygen atoms in total. The Morgan fingerprint density at radius 3 is 2.62 bits per heavy atom. The second kappa shape index (κ2) is 9.08. The van der Waals surface area contributed by atoms with E-state index in [0.29, 0.717) is 23.2 Å². The second-order valence-electron chi connectivity index (χ2n) is 8.59. The van der Waals surface area contributed by atoms with Gasteiger partial charge in [0.2, 0.25) is 0 Å². The fourth-order valence-electron chi connectivity index (χ4n) is 4.54. The lowest BCUT2D eigenvalue weighted by atomic mass is 9.84. The minimum Gasteiger partial charge on any atom is -0.347 e. The van der Waals surface area contributed by atoms with E-state index >= 15 is 0 Å². The third kappa shape index (κ3) is 4.32. The molecule has 1 aliphatic carbocycles. The Kier molecular flexibility index (Phi) is 6.03. The zero-order chi connectivity index (χ0) is 22.1. The average Bonchev–Trinajstić information content (AvgIpc) is 3.39. The first-order valence-electron chi connectivity index (χ1n) is 11.2. The summed E-state index contributed by atoms with van der Waals surface area (Å²) in [6.45, 7) is 2.37. The number of nitrogens with one attached hydrogen (secondary N) is 1. The van der Waals surface area contributed by atoms with Crippen molar-refractivity contribution in [3.63, 3.8) is 0 Å². The van der Waals surface area contributed by atoms with E-state index in [1.54, 1.807) is 17.5 Å². The summed E-state index contributed by atoms with van der Waals surface area (Å²) in [4.78, 5) is 19.1. The predicted octanol–water partition coefficient (Wildman–Crippen LogP) is 7.00. The van der Waals surface area contributed by atoms with Gasteiger partial charge >= 0.3 is 0 Å². The number of carbonyl (C=O) groups excluding carboxylic acids is 1. The fraction of sp³-hybridized carbons (Fsp3) is 0.308. The number of nitrogens with zero attached hydrogens (tertiary/aromatic N) is 2. The fourth-order valence-corrected chi connectivity index (χ4v) is 5.80. The molecule has 6 heteroatoms. The molecule has 2 aromatic carbocycles.